The first-order valence-corrected chi connectivity index (χ1v) is 7.18. The van der Waals surface area contributed by atoms with Crippen molar-refractivity contribution in [2.75, 3.05) is 6.54 Å². The lowest BCUT2D eigenvalue weighted by Gasteiger charge is -2.13. The van der Waals surface area contributed by atoms with Crippen molar-refractivity contribution in [2.24, 2.45) is 0 Å². The zero-order valence-corrected chi connectivity index (χ0v) is 12.1. The smallest absolute Gasteiger partial charge is 0.252 e. The van der Waals surface area contributed by atoms with Gasteiger partial charge in [-0.3, -0.25) is 9.78 Å². The Balaban J connectivity index is 2.15. The highest BCUT2D eigenvalue weighted by Crippen LogP contribution is 2.22. The number of benzene rings is 1. The maximum absolute atomic E-state index is 12.3. The monoisotopic (exact) mass is 284 g/mol. The number of carbonyl (C=O) groups is 1. The second kappa shape index (κ2) is 7.55. The van der Waals surface area contributed by atoms with E-state index in [0.29, 0.717) is 12.0 Å². The van der Waals surface area contributed by atoms with E-state index in [4.69, 9.17) is 0 Å². The first-order valence-electron chi connectivity index (χ1n) is 7.18. The number of aliphatic hydroxyl groups is 1. The summed E-state index contributed by atoms with van der Waals surface area (Å²) in [6.45, 7) is 2.27. The molecule has 110 valence electrons. The quantitative estimate of drug-likeness (QED) is 0.857. The zero-order chi connectivity index (χ0) is 15.1. The fourth-order valence-electron chi connectivity index (χ4n) is 2.20. The third-order valence-corrected chi connectivity index (χ3v) is 3.26. The summed E-state index contributed by atoms with van der Waals surface area (Å²) in [7, 11) is 0. The SMILES string of the molecule is CCCC(O)CNC(=O)c1ccccc1-c1cccnc1. The van der Waals surface area contributed by atoms with Crippen molar-refractivity contribution in [3.05, 3.63) is 54.4 Å². The van der Waals surface area contributed by atoms with Crippen LogP contribution in [0.1, 0.15) is 30.1 Å². The van der Waals surface area contributed by atoms with Crippen LogP contribution in [-0.4, -0.2) is 28.6 Å². The number of nitrogens with zero attached hydrogens (tertiary/aromatic N) is 1. The molecule has 0 fully saturated rings. The number of nitrogens with one attached hydrogen (secondary N) is 1. The average molecular weight is 284 g/mol. The second-order valence-corrected chi connectivity index (χ2v) is 4.94. The maximum Gasteiger partial charge on any atom is 0.252 e. The number of rotatable bonds is 6. The lowest BCUT2D eigenvalue weighted by molar-refractivity contribution is 0.0911. The minimum atomic E-state index is -0.496. The Labute approximate surface area is 124 Å². The summed E-state index contributed by atoms with van der Waals surface area (Å²) in [6.07, 6.45) is 4.52. The van der Waals surface area contributed by atoms with Crippen molar-refractivity contribution in [1.82, 2.24) is 10.3 Å². The van der Waals surface area contributed by atoms with Gasteiger partial charge in [0, 0.05) is 30.1 Å². The number of hydrogen-bond donors (Lipinski definition) is 2. The van der Waals surface area contributed by atoms with Crippen molar-refractivity contribution in [2.45, 2.75) is 25.9 Å². The number of carbonyl (C=O) groups excluding carboxylic acids is 1. The lowest BCUT2D eigenvalue weighted by Crippen LogP contribution is -2.32. The van der Waals surface area contributed by atoms with Crippen molar-refractivity contribution in [3.63, 3.8) is 0 Å². The number of pyridine rings is 1. The Morgan fingerprint density at radius 2 is 2.10 bits per heavy atom. The molecule has 0 bridgehead atoms. The zero-order valence-electron chi connectivity index (χ0n) is 12.1. The molecule has 2 rings (SSSR count). The van der Waals surface area contributed by atoms with Gasteiger partial charge in [0.2, 0.25) is 0 Å². The summed E-state index contributed by atoms with van der Waals surface area (Å²) in [4.78, 5) is 16.4. The van der Waals surface area contributed by atoms with Gasteiger partial charge in [0.05, 0.1) is 6.10 Å². The predicted octanol–water partition coefficient (Wildman–Crippen LogP) is 2.64. The van der Waals surface area contributed by atoms with Crippen LogP contribution in [0.3, 0.4) is 0 Å². The maximum atomic E-state index is 12.3. The highest BCUT2D eigenvalue weighted by Gasteiger charge is 2.13. The van der Waals surface area contributed by atoms with Crippen LogP contribution in [0.4, 0.5) is 0 Å². The largest absolute Gasteiger partial charge is 0.391 e. The van der Waals surface area contributed by atoms with Gasteiger partial charge in [-0.15, -0.1) is 0 Å². The van der Waals surface area contributed by atoms with Crippen LogP contribution in [-0.2, 0) is 0 Å². The molecule has 0 aliphatic carbocycles. The Kier molecular flexibility index (Phi) is 5.46. The third kappa shape index (κ3) is 4.13. The molecule has 1 atom stereocenters. The number of hydrogen-bond acceptors (Lipinski definition) is 3. The van der Waals surface area contributed by atoms with Crippen LogP contribution in [0, 0.1) is 0 Å². The van der Waals surface area contributed by atoms with Gasteiger partial charge in [0.25, 0.3) is 5.91 Å². The first-order chi connectivity index (χ1) is 10.2. The van der Waals surface area contributed by atoms with Crippen LogP contribution < -0.4 is 5.32 Å². The van der Waals surface area contributed by atoms with Gasteiger partial charge in [-0.05, 0) is 24.1 Å². The standard InChI is InChI=1S/C17H20N2O2/c1-2-6-14(20)12-19-17(21)16-9-4-3-8-15(16)13-7-5-10-18-11-13/h3-5,7-11,14,20H,2,6,12H2,1H3,(H,19,21). The molecule has 1 aromatic carbocycles. The lowest BCUT2D eigenvalue weighted by atomic mass is 10.0. The molecule has 4 nitrogen and oxygen atoms in total. The Morgan fingerprint density at radius 3 is 2.81 bits per heavy atom. The Morgan fingerprint density at radius 1 is 1.29 bits per heavy atom. The van der Waals surface area contributed by atoms with E-state index in [1.165, 1.54) is 0 Å². The van der Waals surface area contributed by atoms with Crippen LogP contribution >= 0.6 is 0 Å². The molecule has 0 spiro atoms. The molecule has 2 N–H and O–H groups in total. The van der Waals surface area contributed by atoms with E-state index in [1.54, 1.807) is 18.5 Å². The molecule has 0 radical (unpaired) electrons. The second-order valence-electron chi connectivity index (χ2n) is 4.94. The third-order valence-electron chi connectivity index (χ3n) is 3.26. The molecule has 21 heavy (non-hydrogen) atoms. The average Bonchev–Trinajstić information content (AvgIpc) is 2.54. The molecule has 1 amide bonds. The van der Waals surface area contributed by atoms with Gasteiger partial charge in [-0.1, -0.05) is 37.6 Å². The van der Waals surface area contributed by atoms with Gasteiger partial charge in [0.1, 0.15) is 0 Å². The summed E-state index contributed by atoms with van der Waals surface area (Å²) in [5.41, 5.74) is 2.33. The molecule has 0 saturated heterocycles. The van der Waals surface area contributed by atoms with Crippen molar-refractivity contribution in [1.29, 1.82) is 0 Å². The minimum Gasteiger partial charge on any atom is -0.391 e. The molecule has 2 aromatic rings. The first kappa shape index (κ1) is 15.2. The van der Waals surface area contributed by atoms with E-state index in [-0.39, 0.29) is 12.5 Å². The summed E-state index contributed by atoms with van der Waals surface area (Å²) in [5.74, 6) is -0.176. The highest BCUT2D eigenvalue weighted by molar-refractivity contribution is 6.00. The summed E-state index contributed by atoms with van der Waals surface area (Å²) >= 11 is 0. The topological polar surface area (TPSA) is 62.2 Å². The number of aromatic nitrogens is 1. The summed E-state index contributed by atoms with van der Waals surface area (Å²) in [5, 5.41) is 12.5. The van der Waals surface area contributed by atoms with Crippen molar-refractivity contribution >= 4 is 5.91 Å². The minimum absolute atomic E-state index is 0.176. The van der Waals surface area contributed by atoms with Gasteiger partial charge >= 0.3 is 0 Å². The molecular weight excluding hydrogens is 264 g/mol. The molecule has 0 saturated carbocycles. The molecule has 0 aliphatic heterocycles. The normalized spacial score (nSPS) is 11.9. The molecule has 0 aliphatic rings. The molecular formula is C17H20N2O2. The van der Waals surface area contributed by atoms with E-state index < -0.39 is 6.10 Å². The number of aliphatic hydroxyl groups excluding tert-OH is 1. The van der Waals surface area contributed by atoms with E-state index in [1.807, 2.05) is 37.3 Å². The summed E-state index contributed by atoms with van der Waals surface area (Å²) in [6, 6.07) is 11.2. The van der Waals surface area contributed by atoms with Gasteiger partial charge in [-0.25, -0.2) is 0 Å². The molecule has 4 heteroatoms. The fraction of sp³-hybridized carbons (Fsp3) is 0.294. The molecule has 1 heterocycles. The van der Waals surface area contributed by atoms with E-state index in [9.17, 15) is 9.90 Å². The van der Waals surface area contributed by atoms with Crippen LogP contribution in [0.5, 0.6) is 0 Å². The van der Waals surface area contributed by atoms with Crippen LogP contribution in [0.2, 0.25) is 0 Å². The van der Waals surface area contributed by atoms with Crippen LogP contribution in [0.15, 0.2) is 48.8 Å². The highest BCUT2D eigenvalue weighted by atomic mass is 16.3. The van der Waals surface area contributed by atoms with E-state index in [2.05, 4.69) is 10.3 Å². The molecule has 1 aromatic heterocycles. The Hall–Kier alpha value is -2.20. The van der Waals surface area contributed by atoms with Gasteiger partial charge < -0.3 is 10.4 Å². The van der Waals surface area contributed by atoms with Gasteiger partial charge in [-0.2, -0.15) is 0 Å². The van der Waals surface area contributed by atoms with Crippen molar-refractivity contribution < 1.29 is 9.90 Å². The molecule has 1 unspecified atom stereocenters. The van der Waals surface area contributed by atoms with E-state index in [0.717, 1.165) is 17.5 Å². The number of amides is 1. The predicted molar refractivity (Wildman–Crippen MR) is 82.9 cm³/mol. The van der Waals surface area contributed by atoms with Crippen molar-refractivity contribution in [3.8, 4) is 11.1 Å². The Bertz CT molecular complexity index is 584. The van der Waals surface area contributed by atoms with E-state index >= 15 is 0 Å². The summed E-state index contributed by atoms with van der Waals surface area (Å²) < 4.78 is 0. The fourth-order valence-corrected chi connectivity index (χ4v) is 2.20. The van der Waals surface area contributed by atoms with Crippen LogP contribution in [0.25, 0.3) is 11.1 Å². The van der Waals surface area contributed by atoms with Gasteiger partial charge in [0.15, 0.2) is 0 Å².